The second kappa shape index (κ2) is 6.44. The van der Waals surface area contributed by atoms with Gasteiger partial charge in [0.15, 0.2) is 5.69 Å². The molecule has 1 amide bonds. The number of likely N-dealkylation sites (tertiary alicyclic amines) is 1. The number of amides is 1. The fraction of sp³-hybridized carbons (Fsp3) is 0.524. The Kier molecular flexibility index (Phi) is 4.04. The van der Waals surface area contributed by atoms with Crippen LogP contribution in [0.15, 0.2) is 24.3 Å². The summed E-state index contributed by atoms with van der Waals surface area (Å²) in [4.78, 5) is 15.2. The van der Waals surface area contributed by atoms with Crippen LogP contribution in [0.2, 0.25) is 0 Å². The highest BCUT2D eigenvalue weighted by Crippen LogP contribution is 2.38. The van der Waals surface area contributed by atoms with Gasteiger partial charge in [0.25, 0.3) is 5.91 Å². The molecule has 1 N–H and O–H groups in total. The standard InChI is InChI=1S/C21H25FN4O/c22-16-5-1-2-6-18(16)26-17-7-3-4-15(17)19(24-26)20(27)25-12-9-21(10-13-25)8-11-23-14-21/h1-2,5-6,23H,3-4,7-14H2. The van der Waals surface area contributed by atoms with Gasteiger partial charge in [0.05, 0.1) is 0 Å². The number of fused-ring (bicyclic) bond motifs is 1. The van der Waals surface area contributed by atoms with E-state index in [9.17, 15) is 9.18 Å². The first-order valence-corrected chi connectivity index (χ1v) is 10.0. The summed E-state index contributed by atoms with van der Waals surface area (Å²) in [6, 6.07) is 6.66. The quantitative estimate of drug-likeness (QED) is 0.887. The number of nitrogens with one attached hydrogen (secondary N) is 1. The number of aromatic nitrogens is 2. The molecule has 142 valence electrons. The highest BCUT2D eigenvalue weighted by molar-refractivity contribution is 5.94. The molecule has 3 aliphatic rings. The van der Waals surface area contributed by atoms with Crippen LogP contribution in [-0.4, -0.2) is 46.8 Å². The molecule has 1 spiro atoms. The fourth-order valence-corrected chi connectivity index (χ4v) is 4.99. The zero-order valence-corrected chi connectivity index (χ0v) is 15.5. The van der Waals surface area contributed by atoms with Crippen molar-refractivity contribution >= 4 is 5.91 Å². The number of rotatable bonds is 2. The largest absolute Gasteiger partial charge is 0.337 e. The zero-order chi connectivity index (χ0) is 18.4. The molecule has 2 saturated heterocycles. The van der Waals surface area contributed by atoms with Gasteiger partial charge < -0.3 is 10.2 Å². The molecule has 27 heavy (non-hydrogen) atoms. The Morgan fingerprint density at radius 2 is 1.96 bits per heavy atom. The average molecular weight is 368 g/mol. The fourth-order valence-electron chi connectivity index (χ4n) is 4.99. The van der Waals surface area contributed by atoms with Crippen LogP contribution in [0.1, 0.15) is 47.4 Å². The Bertz CT molecular complexity index is 874. The summed E-state index contributed by atoms with van der Waals surface area (Å²) in [6.45, 7) is 3.75. The van der Waals surface area contributed by atoms with Crippen LogP contribution in [0, 0.1) is 11.2 Å². The van der Waals surface area contributed by atoms with E-state index >= 15 is 0 Å². The average Bonchev–Trinajstić information content (AvgIpc) is 3.40. The summed E-state index contributed by atoms with van der Waals surface area (Å²) >= 11 is 0. The Balaban J connectivity index is 1.43. The van der Waals surface area contributed by atoms with Crippen LogP contribution in [0.4, 0.5) is 4.39 Å². The molecule has 3 heterocycles. The molecule has 1 aromatic heterocycles. The van der Waals surface area contributed by atoms with Gasteiger partial charge in [0, 0.05) is 30.9 Å². The van der Waals surface area contributed by atoms with Crippen LogP contribution < -0.4 is 5.32 Å². The van der Waals surface area contributed by atoms with E-state index in [1.54, 1.807) is 16.8 Å². The Morgan fingerprint density at radius 3 is 2.70 bits per heavy atom. The molecule has 0 unspecified atom stereocenters. The van der Waals surface area contributed by atoms with Crippen molar-refractivity contribution in [2.45, 2.75) is 38.5 Å². The Labute approximate surface area is 158 Å². The third-order valence-corrected chi connectivity index (χ3v) is 6.66. The number of nitrogens with zero attached hydrogens (tertiary/aromatic N) is 3. The predicted molar refractivity (Wildman–Crippen MR) is 101 cm³/mol. The number of halogens is 1. The smallest absolute Gasteiger partial charge is 0.274 e. The molecule has 1 aromatic carbocycles. The van der Waals surface area contributed by atoms with E-state index in [0.29, 0.717) is 16.8 Å². The number of benzene rings is 1. The summed E-state index contributed by atoms with van der Waals surface area (Å²) in [7, 11) is 0. The predicted octanol–water partition coefficient (Wildman–Crippen LogP) is 2.72. The van der Waals surface area contributed by atoms with Crippen molar-refractivity contribution in [3.8, 4) is 5.69 Å². The maximum absolute atomic E-state index is 14.3. The number of carbonyl (C=O) groups excluding carboxylic acids is 1. The lowest BCUT2D eigenvalue weighted by Crippen LogP contribution is -2.44. The number of hydrogen-bond donors (Lipinski definition) is 1. The molecule has 0 bridgehead atoms. The van der Waals surface area contributed by atoms with Crippen LogP contribution >= 0.6 is 0 Å². The first-order valence-electron chi connectivity index (χ1n) is 10.0. The molecule has 5 nitrogen and oxygen atoms in total. The maximum Gasteiger partial charge on any atom is 0.274 e. The van der Waals surface area contributed by atoms with E-state index in [2.05, 4.69) is 10.4 Å². The third kappa shape index (κ3) is 2.78. The molecule has 2 aliphatic heterocycles. The lowest BCUT2D eigenvalue weighted by Gasteiger charge is -2.38. The third-order valence-electron chi connectivity index (χ3n) is 6.66. The van der Waals surface area contributed by atoms with Gasteiger partial charge in [-0.3, -0.25) is 4.79 Å². The van der Waals surface area contributed by atoms with E-state index in [1.807, 2.05) is 11.0 Å². The van der Waals surface area contributed by atoms with Gasteiger partial charge in [-0.15, -0.1) is 0 Å². The molecule has 0 radical (unpaired) electrons. The van der Waals surface area contributed by atoms with Crippen molar-refractivity contribution in [2.24, 2.45) is 5.41 Å². The van der Waals surface area contributed by atoms with Gasteiger partial charge in [-0.2, -0.15) is 5.10 Å². The van der Waals surface area contributed by atoms with E-state index in [0.717, 1.165) is 69.5 Å². The zero-order valence-electron chi connectivity index (χ0n) is 15.5. The van der Waals surface area contributed by atoms with E-state index < -0.39 is 0 Å². The molecule has 0 atom stereocenters. The molecule has 2 fully saturated rings. The Hall–Kier alpha value is -2.21. The van der Waals surface area contributed by atoms with Crippen LogP contribution in [-0.2, 0) is 12.8 Å². The van der Waals surface area contributed by atoms with Gasteiger partial charge in [-0.05, 0) is 62.6 Å². The summed E-state index contributed by atoms with van der Waals surface area (Å²) in [6.07, 6.45) is 6.03. The van der Waals surface area contributed by atoms with Gasteiger partial charge in [0.1, 0.15) is 11.5 Å². The number of piperidine rings is 1. The second-order valence-electron chi connectivity index (χ2n) is 8.21. The van der Waals surface area contributed by atoms with Gasteiger partial charge in [-0.25, -0.2) is 9.07 Å². The van der Waals surface area contributed by atoms with Crippen molar-refractivity contribution in [2.75, 3.05) is 26.2 Å². The van der Waals surface area contributed by atoms with E-state index in [1.165, 1.54) is 12.5 Å². The summed E-state index contributed by atoms with van der Waals surface area (Å²) in [5.74, 6) is -0.286. The van der Waals surface area contributed by atoms with Crippen LogP contribution in [0.5, 0.6) is 0 Å². The number of para-hydroxylation sites is 1. The molecular formula is C21H25FN4O. The van der Waals surface area contributed by atoms with Gasteiger partial charge in [-0.1, -0.05) is 12.1 Å². The second-order valence-corrected chi connectivity index (χ2v) is 8.21. The Morgan fingerprint density at radius 1 is 1.15 bits per heavy atom. The topological polar surface area (TPSA) is 50.2 Å². The van der Waals surface area contributed by atoms with Crippen molar-refractivity contribution in [1.82, 2.24) is 20.0 Å². The van der Waals surface area contributed by atoms with Gasteiger partial charge in [0.2, 0.25) is 0 Å². The minimum Gasteiger partial charge on any atom is -0.337 e. The normalized spacial score (nSPS) is 21.0. The van der Waals surface area contributed by atoms with E-state index in [-0.39, 0.29) is 11.7 Å². The summed E-state index contributed by atoms with van der Waals surface area (Å²) in [5.41, 5.74) is 3.37. The molecule has 1 aliphatic carbocycles. The number of hydrogen-bond acceptors (Lipinski definition) is 3. The first-order chi connectivity index (χ1) is 13.2. The first kappa shape index (κ1) is 16.9. The van der Waals surface area contributed by atoms with Crippen molar-refractivity contribution in [3.63, 3.8) is 0 Å². The van der Waals surface area contributed by atoms with Gasteiger partial charge >= 0.3 is 0 Å². The lowest BCUT2D eigenvalue weighted by molar-refractivity contribution is 0.0600. The van der Waals surface area contributed by atoms with Crippen molar-refractivity contribution in [1.29, 1.82) is 0 Å². The molecule has 5 rings (SSSR count). The van der Waals surface area contributed by atoms with Crippen molar-refractivity contribution in [3.05, 3.63) is 47.0 Å². The minimum atomic E-state index is -0.303. The minimum absolute atomic E-state index is 0.0176. The summed E-state index contributed by atoms with van der Waals surface area (Å²) in [5, 5.41) is 8.06. The molecule has 0 saturated carbocycles. The highest BCUT2D eigenvalue weighted by atomic mass is 19.1. The lowest BCUT2D eigenvalue weighted by atomic mass is 9.78. The molecular weight excluding hydrogens is 343 g/mol. The molecule has 6 heteroatoms. The highest BCUT2D eigenvalue weighted by Gasteiger charge is 2.39. The van der Waals surface area contributed by atoms with Crippen LogP contribution in [0.3, 0.4) is 0 Å². The summed E-state index contributed by atoms with van der Waals surface area (Å²) < 4.78 is 16.0. The SMILES string of the molecule is O=C(c1nn(-c2ccccc2F)c2c1CCC2)N1CCC2(CCNC2)CC1. The van der Waals surface area contributed by atoms with Crippen molar-refractivity contribution < 1.29 is 9.18 Å². The van der Waals surface area contributed by atoms with Crippen LogP contribution in [0.25, 0.3) is 5.69 Å². The molecule has 2 aromatic rings. The van der Waals surface area contributed by atoms with E-state index in [4.69, 9.17) is 0 Å². The monoisotopic (exact) mass is 368 g/mol. The maximum atomic E-state index is 14.3. The number of carbonyl (C=O) groups is 1.